The Hall–Kier alpha value is -3.46. The highest BCUT2D eigenvalue weighted by atomic mass is 32.2. The van der Waals surface area contributed by atoms with Gasteiger partial charge in [-0.3, -0.25) is 4.79 Å². The first-order valence-corrected chi connectivity index (χ1v) is 12.6. The average molecular weight is 480 g/mol. The van der Waals surface area contributed by atoms with Crippen LogP contribution in [0.25, 0.3) is 11.1 Å². The summed E-state index contributed by atoms with van der Waals surface area (Å²) >= 11 is 0. The lowest BCUT2D eigenvalue weighted by molar-refractivity contribution is 0.0982. The van der Waals surface area contributed by atoms with Crippen molar-refractivity contribution in [2.24, 2.45) is 5.92 Å². The van der Waals surface area contributed by atoms with Crippen LogP contribution in [0.2, 0.25) is 0 Å². The normalized spacial score (nSPS) is 17.5. The largest absolute Gasteiger partial charge is 0.384 e. The predicted molar refractivity (Wildman–Crippen MR) is 133 cm³/mol. The van der Waals surface area contributed by atoms with E-state index in [1.54, 1.807) is 12.3 Å². The Kier molecular flexibility index (Phi) is 6.07. The Bertz CT molecular complexity index is 1350. The molecule has 2 aromatic heterocycles. The molecule has 1 aliphatic heterocycles. The summed E-state index contributed by atoms with van der Waals surface area (Å²) in [6, 6.07) is 13.7. The van der Waals surface area contributed by atoms with Gasteiger partial charge < -0.3 is 10.6 Å². The molecule has 3 N–H and O–H groups in total. The lowest BCUT2D eigenvalue weighted by Crippen LogP contribution is -2.41. The molecular formula is C25H29N5O3S. The zero-order chi connectivity index (χ0) is 24.7. The molecule has 1 atom stereocenters. The number of amides is 1. The number of rotatable bonds is 5. The van der Waals surface area contributed by atoms with E-state index in [1.165, 1.54) is 18.2 Å². The van der Waals surface area contributed by atoms with Gasteiger partial charge in [0.05, 0.1) is 5.56 Å². The van der Waals surface area contributed by atoms with Gasteiger partial charge in [-0.2, -0.15) is 8.42 Å². The van der Waals surface area contributed by atoms with Crippen LogP contribution in [-0.4, -0.2) is 36.4 Å². The van der Waals surface area contributed by atoms with Crippen molar-refractivity contribution in [3.63, 3.8) is 0 Å². The van der Waals surface area contributed by atoms with Gasteiger partial charge in [0, 0.05) is 18.3 Å². The van der Waals surface area contributed by atoms with E-state index in [1.807, 2.05) is 31.2 Å². The third-order valence-electron chi connectivity index (χ3n) is 6.17. The van der Waals surface area contributed by atoms with Crippen LogP contribution in [0.4, 0.5) is 11.6 Å². The van der Waals surface area contributed by atoms with E-state index >= 15 is 0 Å². The van der Waals surface area contributed by atoms with E-state index in [9.17, 15) is 13.2 Å². The Balaban J connectivity index is 1.87. The zero-order valence-corrected chi connectivity index (χ0v) is 20.6. The van der Waals surface area contributed by atoms with Crippen molar-refractivity contribution in [1.29, 1.82) is 0 Å². The van der Waals surface area contributed by atoms with E-state index in [-0.39, 0.29) is 21.9 Å². The van der Waals surface area contributed by atoms with Crippen molar-refractivity contribution >= 4 is 27.6 Å². The Morgan fingerprint density at radius 2 is 1.85 bits per heavy atom. The first-order chi connectivity index (χ1) is 16.0. The number of aryl methyl sites for hydroxylation is 1. The molecule has 34 heavy (non-hydrogen) atoms. The zero-order valence-electron chi connectivity index (χ0n) is 19.7. The topological polar surface area (TPSA) is 118 Å². The number of nitrogen functional groups attached to an aromatic ring is 1. The minimum Gasteiger partial charge on any atom is -0.384 e. The third-order valence-corrected chi connectivity index (χ3v) is 7.40. The van der Waals surface area contributed by atoms with Gasteiger partial charge in [-0.05, 0) is 68.0 Å². The fourth-order valence-electron chi connectivity index (χ4n) is 4.74. The average Bonchev–Trinajstić information content (AvgIpc) is 3.05. The monoisotopic (exact) mass is 479 g/mol. The number of benzene rings is 1. The number of anilines is 2. The van der Waals surface area contributed by atoms with Crippen LogP contribution in [0.1, 0.15) is 43.1 Å². The Morgan fingerprint density at radius 3 is 2.50 bits per heavy atom. The number of carbonyl (C=O) groups is 1. The lowest BCUT2D eigenvalue weighted by Gasteiger charge is -2.34. The van der Waals surface area contributed by atoms with Gasteiger partial charge in [0.25, 0.3) is 15.9 Å². The van der Waals surface area contributed by atoms with Crippen LogP contribution in [-0.2, 0) is 10.0 Å². The summed E-state index contributed by atoms with van der Waals surface area (Å²) in [6.45, 7) is 9.03. The number of nitrogens with two attached hydrogens (primary N) is 1. The number of hydrogen-bond donors (Lipinski definition) is 2. The van der Waals surface area contributed by atoms with Gasteiger partial charge >= 0.3 is 0 Å². The van der Waals surface area contributed by atoms with Crippen molar-refractivity contribution < 1.29 is 13.2 Å². The highest BCUT2D eigenvalue weighted by Crippen LogP contribution is 2.40. The fourth-order valence-corrected chi connectivity index (χ4v) is 5.68. The molecule has 178 valence electrons. The molecule has 3 aromatic rings. The maximum Gasteiger partial charge on any atom is 0.281 e. The summed E-state index contributed by atoms with van der Waals surface area (Å²) in [4.78, 5) is 24.2. The molecule has 1 fully saturated rings. The quantitative estimate of drug-likeness (QED) is 0.572. The molecule has 1 aliphatic rings. The van der Waals surface area contributed by atoms with Gasteiger partial charge in [0.1, 0.15) is 11.6 Å². The Labute approximate surface area is 200 Å². The molecule has 0 bridgehead atoms. The van der Waals surface area contributed by atoms with Crippen molar-refractivity contribution in [1.82, 2.24) is 14.7 Å². The van der Waals surface area contributed by atoms with Crippen molar-refractivity contribution in [2.75, 3.05) is 17.2 Å². The van der Waals surface area contributed by atoms with Crippen LogP contribution < -0.4 is 15.4 Å². The molecule has 0 spiro atoms. The second kappa shape index (κ2) is 8.72. The van der Waals surface area contributed by atoms with Gasteiger partial charge in [-0.15, -0.1) is 0 Å². The van der Waals surface area contributed by atoms with Crippen LogP contribution in [0.5, 0.6) is 0 Å². The van der Waals surface area contributed by atoms with Gasteiger partial charge in [-0.1, -0.05) is 37.3 Å². The smallest absolute Gasteiger partial charge is 0.281 e. The van der Waals surface area contributed by atoms with Gasteiger partial charge in [0.15, 0.2) is 5.03 Å². The molecule has 4 rings (SSSR count). The van der Waals surface area contributed by atoms with E-state index in [2.05, 4.69) is 40.4 Å². The SMILES string of the molecule is Cc1ccccc1-c1ccnc(N2CC(C)CC2(C)C)c1C(=O)NS(=O)(=O)c1cccc(N)n1. The van der Waals surface area contributed by atoms with E-state index < -0.39 is 15.9 Å². The van der Waals surface area contributed by atoms with E-state index in [0.29, 0.717) is 23.8 Å². The highest BCUT2D eigenvalue weighted by molar-refractivity contribution is 7.90. The number of pyridine rings is 2. The molecule has 1 amide bonds. The number of carbonyl (C=O) groups excluding carboxylic acids is 1. The van der Waals surface area contributed by atoms with Crippen LogP contribution in [0, 0.1) is 12.8 Å². The van der Waals surface area contributed by atoms with Gasteiger partial charge in [0.2, 0.25) is 0 Å². The van der Waals surface area contributed by atoms with Crippen molar-refractivity contribution in [3.05, 3.63) is 65.9 Å². The lowest BCUT2D eigenvalue weighted by atomic mass is 9.94. The maximum atomic E-state index is 13.7. The predicted octanol–water partition coefficient (Wildman–Crippen LogP) is 3.78. The molecule has 8 nitrogen and oxygen atoms in total. The number of nitrogens with one attached hydrogen (secondary N) is 1. The molecule has 1 aromatic carbocycles. The molecule has 1 saturated heterocycles. The molecule has 9 heteroatoms. The minimum absolute atomic E-state index is 0.0470. The van der Waals surface area contributed by atoms with Crippen LogP contribution in [0.15, 0.2) is 59.8 Å². The summed E-state index contributed by atoms with van der Waals surface area (Å²) < 4.78 is 28.2. The van der Waals surface area contributed by atoms with E-state index in [4.69, 9.17) is 5.73 Å². The highest BCUT2D eigenvalue weighted by Gasteiger charge is 2.40. The first-order valence-electron chi connectivity index (χ1n) is 11.1. The minimum atomic E-state index is -4.26. The number of sulfonamides is 1. The number of aromatic nitrogens is 2. The maximum absolute atomic E-state index is 13.7. The molecule has 1 unspecified atom stereocenters. The van der Waals surface area contributed by atoms with Crippen molar-refractivity contribution in [2.45, 2.75) is 44.7 Å². The van der Waals surface area contributed by atoms with Gasteiger partial charge in [-0.25, -0.2) is 14.7 Å². The van der Waals surface area contributed by atoms with Crippen LogP contribution in [0.3, 0.4) is 0 Å². The Morgan fingerprint density at radius 1 is 1.12 bits per heavy atom. The molecule has 0 radical (unpaired) electrons. The first kappa shape index (κ1) is 23.7. The standard InChI is InChI=1S/C25H29N5O3S/c1-16-14-25(3,4)30(15-16)23-22(19(12-13-27-23)18-9-6-5-8-17(18)2)24(31)29-34(32,33)21-11-7-10-20(26)28-21/h5-13,16H,14-15H2,1-4H3,(H2,26,28)(H,29,31). The summed E-state index contributed by atoms with van der Waals surface area (Å²) in [6.07, 6.45) is 2.59. The summed E-state index contributed by atoms with van der Waals surface area (Å²) in [5, 5.41) is -0.321. The number of hydrogen-bond acceptors (Lipinski definition) is 7. The van der Waals surface area contributed by atoms with Crippen molar-refractivity contribution in [3.8, 4) is 11.1 Å². The number of nitrogens with zero attached hydrogens (tertiary/aromatic N) is 3. The van der Waals surface area contributed by atoms with Crippen LogP contribution >= 0.6 is 0 Å². The second-order valence-electron chi connectivity index (χ2n) is 9.44. The summed E-state index contributed by atoms with van der Waals surface area (Å²) in [7, 11) is -4.26. The fraction of sp³-hybridized carbons (Fsp3) is 0.320. The molecule has 3 heterocycles. The summed E-state index contributed by atoms with van der Waals surface area (Å²) in [5.74, 6) is 0.144. The summed E-state index contributed by atoms with van der Waals surface area (Å²) in [5.41, 5.74) is 8.04. The molecule has 0 saturated carbocycles. The molecule has 0 aliphatic carbocycles. The second-order valence-corrected chi connectivity index (χ2v) is 11.1. The molecular weight excluding hydrogens is 450 g/mol. The van der Waals surface area contributed by atoms with E-state index in [0.717, 1.165) is 17.5 Å². The third kappa shape index (κ3) is 4.48.